The van der Waals surface area contributed by atoms with Crippen molar-refractivity contribution >= 4 is 29.0 Å². The molecule has 1 atom stereocenters. The van der Waals surface area contributed by atoms with E-state index in [1.165, 1.54) is 11.1 Å². The fourth-order valence-electron chi connectivity index (χ4n) is 4.45. The molecule has 0 fully saturated rings. The highest BCUT2D eigenvalue weighted by atomic mass is 35.5. The van der Waals surface area contributed by atoms with Gasteiger partial charge in [-0.05, 0) is 48.9 Å². The van der Waals surface area contributed by atoms with E-state index < -0.39 is 0 Å². The second-order valence-electron chi connectivity index (χ2n) is 8.88. The van der Waals surface area contributed by atoms with Crippen LogP contribution in [0.25, 0.3) is 11.3 Å². The van der Waals surface area contributed by atoms with Gasteiger partial charge in [0, 0.05) is 53.8 Å². The standard InChI is InChI=1S/C28H33Cl2N4O3/c1-3-35-9-10-37-12-11-36-8-7-31-28-16-27(32-19-33-28)21-6-4-5-20(13-21)24-17-34(2)18-25-23(24)14-22(29)15-26(25)30/h4-6,13-16,19,24H,1,3,7-12,17-18H2,2H3,(H,31,32,33)/t24-/m0/s1. The number of anilines is 1. The van der Waals surface area contributed by atoms with Crippen molar-refractivity contribution in [3.05, 3.63) is 82.5 Å². The van der Waals surface area contributed by atoms with Gasteiger partial charge in [-0.1, -0.05) is 41.4 Å². The minimum Gasteiger partial charge on any atom is -0.379 e. The van der Waals surface area contributed by atoms with Gasteiger partial charge < -0.3 is 24.4 Å². The molecule has 37 heavy (non-hydrogen) atoms. The second-order valence-corrected chi connectivity index (χ2v) is 9.73. The Kier molecular flexibility index (Phi) is 10.5. The van der Waals surface area contributed by atoms with E-state index in [1.54, 1.807) is 6.33 Å². The predicted octanol–water partition coefficient (Wildman–Crippen LogP) is 5.32. The van der Waals surface area contributed by atoms with Crippen LogP contribution in [0.3, 0.4) is 0 Å². The molecule has 1 aliphatic rings. The molecule has 0 amide bonds. The third-order valence-corrected chi connectivity index (χ3v) is 6.74. The Morgan fingerprint density at radius 3 is 2.59 bits per heavy atom. The second kappa shape index (κ2) is 14.0. The fourth-order valence-corrected chi connectivity index (χ4v) is 5.02. The first-order valence-electron chi connectivity index (χ1n) is 12.4. The first-order chi connectivity index (χ1) is 18.0. The molecular weight excluding hydrogens is 511 g/mol. The summed E-state index contributed by atoms with van der Waals surface area (Å²) in [6.45, 7) is 9.12. The number of hydrogen-bond donors (Lipinski definition) is 1. The quantitative estimate of drug-likeness (QED) is 0.292. The van der Waals surface area contributed by atoms with Gasteiger partial charge in [0.2, 0.25) is 0 Å². The van der Waals surface area contributed by atoms with E-state index in [-0.39, 0.29) is 5.92 Å². The molecule has 0 spiro atoms. The van der Waals surface area contributed by atoms with Crippen LogP contribution in [0.15, 0.2) is 48.8 Å². The maximum absolute atomic E-state index is 6.55. The Labute approximate surface area is 229 Å². The molecule has 1 aliphatic heterocycles. The number of hydrogen-bond acceptors (Lipinski definition) is 7. The Balaban J connectivity index is 1.36. The Morgan fingerprint density at radius 1 is 1.00 bits per heavy atom. The van der Waals surface area contributed by atoms with Gasteiger partial charge in [0.05, 0.1) is 38.7 Å². The number of halogens is 2. The van der Waals surface area contributed by atoms with Crippen LogP contribution >= 0.6 is 23.2 Å². The zero-order valence-corrected chi connectivity index (χ0v) is 22.6. The van der Waals surface area contributed by atoms with E-state index >= 15 is 0 Å². The van der Waals surface area contributed by atoms with E-state index in [4.69, 9.17) is 37.4 Å². The smallest absolute Gasteiger partial charge is 0.130 e. The molecule has 0 aliphatic carbocycles. The number of nitrogens with zero attached hydrogens (tertiary/aromatic N) is 3. The molecule has 0 saturated carbocycles. The molecular formula is C28H33Cl2N4O3. The van der Waals surface area contributed by atoms with Crippen LogP contribution < -0.4 is 5.32 Å². The van der Waals surface area contributed by atoms with Gasteiger partial charge in [0.15, 0.2) is 0 Å². The summed E-state index contributed by atoms with van der Waals surface area (Å²) in [5, 5.41) is 4.69. The van der Waals surface area contributed by atoms with Crippen molar-refractivity contribution in [2.45, 2.75) is 12.5 Å². The number of nitrogens with one attached hydrogen (secondary N) is 1. The molecule has 1 aromatic heterocycles. The summed E-state index contributed by atoms with van der Waals surface area (Å²) < 4.78 is 16.2. The van der Waals surface area contributed by atoms with Gasteiger partial charge in [-0.25, -0.2) is 9.97 Å². The summed E-state index contributed by atoms with van der Waals surface area (Å²) in [5.74, 6) is 0.920. The third kappa shape index (κ3) is 7.87. The number of rotatable bonds is 13. The number of aromatic nitrogens is 2. The lowest BCUT2D eigenvalue weighted by atomic mass is 9.84. The van der Waals surface area contributed by atoms with E-state index in [1.807, 2.05) is 18.2 Å². The fraction of sp³-hybridized carbons (Fsp3) is 0.393. The summed E-state index contributed by atoms with van der Waals surface area (Å²) in [7, 11) is 2.12. The predicted molar refractivity (Wildman–Crippen MR) is 148 cm³/mol. The molecule has 0 bridgehead atoms. The number of ether oxygens (including phenoxy) is 3. The van der Waals surface area contributed by atoms with Crippen molar-refractivity contribution < 1.29 is 14.2 Å². The van der Waals surface area contributed by atoms with Crippen LogP contribution in [0.4, 0.5) is 5.82 Å². The summed E-state index contributed by atoms with van der Waals surface area (Å²) in [6, 6.07) is 14.3. The van der Waals surface area contributed by atoms with Crippen LogP contribution in [0.1, 0.15) is 22.6 Å². The van der Waals surface area contributed by atoms with Crippen LogP contribution in [0.2, 0.25) is 10.0 Å². The normalized spacial score (nSPS) is 15.5. The highest BCUT2D eigenvalue weighted by molar-refractivity contribution is 6.35. The van der Waals surface area contributed by atoms with Crippen LogP contribution in [-0.4, -0.2) is 74.6 Å². The lowest BCUT2D eigenvalue weighted by Crippen LogP contribution is -2.31. The maximum atomic E-state index is 6.55. The zero-order valence-electron chi connectivity index (χ0n) is 21.1. The van der Waals surface area contributed by atoms with Crippen molar-refractivity contribution in [3.63, 3.8) is 0 Å². The van der Waals surface area contributed by atoms with E-state index in [2.05, 4.69) is 58.4 Å². The van der Waals surface area contributed by atoms with Crippen LogP contribution in [-0.2, 0) is 20.8 Å². The lowest BCUT2D eigenvalue weighted by molar-refractivity contribution is 0.0213. The monoisotopic (exact) mass is 543 g/mol. The Hall–Kier alpha value is -2.26. The van der Waals surface area contributed by atoms with Crippen molar-refractivity contribution in [1.29, 1.82) is 0 Å². The minimum atomic E-state index is 0.168. The first-order valence-corrected chi connectivity index (χ1v) is 13.2. The van der Waals surface area contributed by atoms with Gasteiger partial charge in [-0.15, -0.1) is 0 Å². The molecule has 4 rings (SSSR count). The molecule has 1 radical (unpaired) electrons. The van der Waals surface area contributed by atoms with E-state index in [0.29, 0.717) is 51.2 Å². The average molecular weight is 545 g/mol. The summed E-state index contributed by atoms with van der Waals surface area (Å²) in [5.41, 5.74) is 5.41. The van der Waals surface area contributed by atoms with E-state index in [0.717, 1.165) is 40.8 Å². The maximum Gasteiger partial charge on any atom is 0.130 e. The van der Waals surface area contributed by atoms with Gasteiger partial charge in [-0.2, -0.15) is 0 Å². The van der Waals surface area contributed by atoms with Gasteiger partial charge >= 0.3 is 0 Å². The average Bonchev–Trinajstić information content (AvgIpc) is 2.90. The minimum absolute atomic E-state index is 0.168. The molecule has 2 aromatic carbocycles. The molecule has 0 unspecified atom stereocenters. The van der Waals surface area contributed by atoms with Crippen molar-refractivity contribution in [2.75, 3.05) is 65.1 Å². The van der Waals surface area contributed by atoms with Crippen LogP contribution in [0, 0.1) is 6.92 Å². The molecule has 7 nitrogen and oxygen atoms in total. The van der Waals surface area contributed by atoms with Gasteiger partial charge in [0.1, 0.15) is 12.1 Å². The number of benzene rings is 2. The highest BCUT2D eigenvalue weighted by Crippen LogP contribution is 2.39. The third-order valence-electron chi connectivity index (χ3n) is 6.19. The largest absolute Gasteiger partial charge is 0.379 e. The summed E-state index contributed by atoms with van der Waals surface area (Å²) in [4.78, 5) is 11.2. The number of likely N-dealkylation sites (N-methyl/N-ethyl adjacent to an activating group) is 1. The molecule has 3 aromatic rings. The van der Waals surface area contributed by atoms with Gasteiger partial charge in [-0.3, -0.25) is 0 Å². The van der Waals surface area contributed by atoms with Crippen molar-refractivity contribution in [3.8, 4) is 11.3 Å². The molecule has 0 saturated heterocycles. The van der Waals surface area contributed by atoms with Crippen molar-refractivity contribution in [2.24, 2.45) is 0 Å². The Morgan fingerprint density at radius 2 is 1.78 bits per heavy atom. The van der Waals surface area contributed by atoms with Crippen LogP contribution in [0.5, 0.6) is 0 Å². The Bertz CT molecular complexity index is 1160. The number of fused-ring (bicyclic) bond motifs is 1. The summed E-state index contributed by atoms with van der Waals surface area (Å²) in [6.07, 6.45) is 1.58. The van der Waals surface area contributed by atoms with Crippen molar-refractivity contribution in [1.82, 2.24) is 14.9 Å². The lowest BCUT2D eigenvalue weighted by Gasteiger charge is -2.33. The first kappa shape index (κ1) is 27.8. The molecule has 197 valence electrons. The molecule has 2 heterocycles. The topological polar surface area (TPSA) is 68.7 Å². The highest BCUT2D eigenvalue weighted by Gasteiger charge is 2.27. The van der Waals surface area contributed by atoms with Gasteiger partial charge in [0.25, 0.3) is 0 Å². The molecule has 1 N–H and O–H groups in total. The summed E-state index contributed by atoms with van der Waals surface area (Å²) >= 11 is 12.9. The SMILES string of the molecule is [CH2]COCCOCCOCCNc1cc(-c2cccc([C@@H]3CN(C)Cc4c(Cl)cc(Cl)cc43)c2)ncn1. The molecule has 9 heteroatoms. The van der Waals surface area contributed by atoms with E-state index in [9.17, 15) is 0 Å². The zero-order chi connectivity index (χ0) is 26.0.